The third-order valence-corrected chi connectivity index (χ3v) is 7.11. The summed E-state index contributed by atoms with van der Waals surface area (Å²) in [6.07, 6.45) is 0. The number of hydrogen-bond donors (Lipinski definition) is 1. The van der Waals surface area contributed by atoms with Gasteiger partial charge in [0.2, 0.25) is 5.95 Å². The van der Waals surface area contributed by atoms with Crippen LogP contribution in [0.3, 0.4) is 0 Å². The molecule has 0 radical (unpaired) electrons. The lowest BCUT2D eigenvalue weighted by Gasteiger charge is -2.19. The van der Waals surface area contributed by atoms with Crippen molar-refractivity contribution in [3.8, 4) is 23.0 Å². The number of anilines is 1. The Bertz CT molecular complexity index is 1750. The molecule has 0 aliphatic carbocycles. The number of likely N-dealkylation sites (N-methyl/N-ethyl adjacent to an activating group) is 1. The van der Waals surface area contributed by atoms with Crippen LogP contribution < -0.4 is 14.8 Å². The second kappa shape index (κ2) is 13.4. The number of rotatable bonds is 12. The molecule has 1 heterocycles. The van der Waals surface area contributed by atoms with Crippen molar-refractivity contribution in [1.82, 2.24) is 14.5 Å². The number of carbonyl (C=O) groups is 1. The number of imidazole rings is 1. The molecule has 0 aliphatic rings. The number of aromatic nitrogens is 2. The summed E-state index contributed by atoms with van der Waals surface area (Å²) >= 11 is 6.03. The van der Waals surface area contributed by atoms with Crippen LogP contribution in [0.15, 0.2) is 91.0 Å². The Morgan fingerprint density at radius 3 is 2.28 bits per heavy atom. The molecule has 43 heavy (non-hydrogen) atoms. The molecule has 0 fully saturated rings. The molecule has 5 aromatic rings. The van der Waals surface area contributed by atoms with Crippen molar-refractivity contribution in [1.29, 1.82) is 0 Å². The highest BCUT2D eigenvalue weighted by Crippen LogP contribution is 2.34. The number of para-hydroxylation sites is 2. The summed E-state index contributed by atoms with van der Waals surface area (Å²) in [7, 11) is 0. The number of nitrogens with zero attached hydrogens (tertiary/aromatic N) is 4. The van der Waals surface area contributed by atoms with E-state index in [1.54, 1.807) is 48.5 Å². The number of nitro groups is 1. The highest BCUT2D eigenvalue weighted by molar-refractivity contribution is 6.30. The minimum Gasteiger partial charge on any atom is -0.457 e. The minimum atomic E-state index is -0.527. The van der Waals surface area contributed by atoms with Gasteiger partial charge in [-0.1, -0.05) is 43.6 Å². The van der Waals surface area contributed by atoms with E-state index in [1.165, 1.54) is 18.2 Å². The molecule has 11 heteroatoms. The van der Waals surface area contributed by atoms with Gasteiger partial charge in [0.25, 0.3) is 11.6 Å². The lowest BCUT2D eigenvalue weighted by molar-refractivity contribution is -0.385. The minimum absolute atomic E-state index is 0.199. The average Bonchev–Trinajstić information content (AvgIpc) is 3.34. The molecule has 0 spiro atoms. The zero-order valence-corrected chi connectivity index (χ0v) is 24.5. The van der Waals surface area contributed by atoms with Gasteiger partial charge in [-0.3, -0.25) is 20.2 Å². The second-order valence-corrected chi connectivity index (χ2v) is 10.1. The third kappa shape index (κ3) is 7.29. The van der Waals surface area contributed by atoms with Gasteiger partial charge in [0.05, 0.1) is 28.1 Å². The first kappa shape index (κ1) is 29.6. The fourth-order valence-corrected chi connectivity index (χ4v) is 4.79. The molecule has 1 aromatic heterocycles. The maximum atomic E-state index is 13.2. The standard InChI is InChI=1S/C32H30ClN5O5/c1-3-36(4-2)16-17-37-30-11-6-5-10-29(30)34-32(37)35-31(39)22-12-14-25(15-13-22)42-27-19-24(38(40)41)20-28(21-27)43-26-9-7-8-23(33)18-26/h5-15,18-21H,3-4,16-17H2,1-2H3,(H,34,35,39). The van der Waals surface area contributed by atoms with E-state index < -0.39 is 4.92 Å². The topological polar surface area (TPSA) is 112 Å². The Labute approximate surface area is 253 Å². The second-order valence-electron chi connectivity index (χ2n) is 9.66. The first-order valence-corrected chi connectivity index (χ1v) is 14.2. The van der Waals surface area contributed by atoms with Crippen LogP contribution >= 0.6 is 11.6 Å². The number of nitro benzene ring substituents is 1. The van der Waals surface area contributed by atoms with Crippen LogP contribution in [0.25, 0.3) is 11.0 Å². The molecular weight excluding hydrogens is 570 g/mol. The predicted octanol–water partition coefficient (Wildman–Crippen LogP) is 7.78. The van der Waals surface area contributed by atoms with Crippen LogP contribution in [0, 0.1) is 10.1 Å². The number of non-ortho nitro benzene ring substituents is 1. The molecule has 0 aliphatic heterocycles. The molecule has 0 atom stereocenters. The smallest absolute Gasteiger partial charge is 0.276 e. The number of carbonyl (C=O) groups excluding carboxylic acids is 1. The largest absolute Gasteiger partial charge is 0.457 e. The van der Waals surface area contributed by atoms with Gasteiger partial charge < -0.3 is 18.9 Å². The molecule has 1 N–H and O–H groups in total. The molecule has 5 rings (SSSR count). The van der Waals surface area contributed by atoms with Crippen molar-refractivity contribution in [2.24, 2.45) is 0 Å². The number of ether oxygens (including phenoxy) is 2. The summed E-state index contributed by atoms with van der Waals surface area (Å²) in [6.45, 7) is 7.62. The summed E-state index contributed by atoms with van der Waals surface area (Å²) in [5.74, 6) is 1.38. The van der Waals surface area contributed by atoms with E-state index in [0.29, 0.717) is 34.6 Å². The van der Waals surface area contributed by atoms with E-state index >= 15 is 0 Å². The number of hydrogen-bond acceptors (Lipinski definition) is 7. The van der Waals surface area contributed by atoms with Gasteiger partial charge in [0.15, 0.2) is 0 Å². The first-order chi connectivity index (χ1) is 20.8. The summed E-state index contributed by atoms with van der Waals surface area (Å²) < 4.78 is 13.7. The number of fused-ring (bicyclic) bond motifs is 1. The molecule has 220 valence electrons. The quantitative estimate of drug-likeness (QED) is 0.115. The van der Waals surface area contributed by atoms with E-state index in [-0.39, 0.29) is 23.1 Å². The summed E-state index contributed by atoms with van der Waals surface area (Å²) in [5, 5.41) is 15.0. The van der Waals surface area contributed by atoms with Crippen LogP contribution in [0.5, 0.6) is 23.0 Å². The van der Waals surface area contributed by atoms with Gasteiger partial charge in [-0.15, -0.1) is 0 Å². The fourth-order valence-electron chi connectivity index (χ4n) is 4.61. The van der Waals surface area contributed by atoms with E-state index in [1.807, 2.05) is 28.8 Å². The maximum absolute atomic E-state index is 13.2. The molecule has 0 unspecified atom stereocenters. The molecule has 0 saturated heterocycles. The van der Waals surface area contributed by atoms with Crippen molar-refractivity contribution < 1.29 is 19.2 Å². The van der Waals surface area contributed by atoms with Gasteiger partial charge in [-0.2, -0.15) is 0 Å². The van der Waals surface area contributed by atoms with Crippen molar-refractivity contribution in [3.63, 3.8) is 0 Å². The molecule has 1 amide bonds. The third-order valence-electron chi connectivity index (χ3n) is 6.87. The number of halogens is 1. The zero-order valence-electron chi connectivity index (χ0n) is 23.7. The Balaban J connectivity index is 1.32. The normalized spacial score (nSPS) is 11.1. The van der Waals surface area contributed by atoms with Gasteiger partial charge in [0.1, 0.15) is 23.0 Å². The maximum Gasteiger partial charge on any atom is 0.276 e. The number of amides is 1. The first-order valence-electron chi connectivity index (χ1n) is 13.8. The lowest BCUT2D eigenvalue weighted by Crippen LogP contribution is -2.27. The monoisotopic (exact) mass is 599 g/mol. The van der Waals surface area contributed by atoms with Crippen LogP contribution in [0.2, 0.25) is 5.02 Å². The number of nitrogens with one attached hydrogen (secondary N) is 1. The Kier molecular flexibility index (Phi) is 9.19. The van der Waals surface area contributed by atoms with Crippen LogP contribution in [-0.2, 0) is 6.54 Å². The molecule has 0 bridgehead atoms. The lowest BCUT2D eigenvalue weighted by atomic mass is 10.2. The van der Waals surface area contributed by atoms with Crippen molar-refractivity contribution in [2.45, 2.75) is 20.4 Å². The Morgan fingerprint density at radius 2 is 1.60 bits per heavy atom. The van der Waals surface area contributed by atoms with E-state index in [4.69, 9.17) is 21.1 Å². The molecule has 0 saturated carbocycles. The summed E-state index contributed by atoms with van der Waals surface area (Å²) in [4.78, 5) is 31.2. The predicted molar refractivity (Wildman–Crippen MR) is 167 cm³/mol. The van der Waals surface area contributed by atoms with E-state index in [9.17, 15) is 14.9 Å². The average molecular weight is 600 g/mol. The van der Waals surface area contributed by atoms with Crippen molar-refractivity contribution in [3.05, 3.63) is 112 Å². The van der Waals surface area contributed by atoms with E-state index in [0.717, 1.165) is 30.7 Å². The van der Waals surface area contributed by atoms with Crippen molar-refractivity contribution >= 4 is 40.2 Å². The molecule has 10 nitrogen and oxygen atoms in total. The van der Waals surface area contributed by atoms with E-state index in [2.05, 4.69) is 29.0 Å². The Morgan fingerprint density at radius 1 is 0.907 bits per heavy atom. The summed E-state index contributed by atoms with van der Waals surface area (Å²) in [6, 6.07) is 25.1. The van der Waals surface area contributed by atoms with Crippen molar-refractivity contribution in [2.75, 3.05) is 25.0 Å². The van der Waals surface area contributed by atoms with Gasteiger partial charge in [0, 0.05) is 29.7 Å². The molecular formula is C32H30ClN5O5. The molecule has 4 aromatic carbocycles. The van der Waals surface area contributed by atoms with Gasteiger partial charge >= 0.3 is 0 Å². The van der Waals surface area contributed by atoms with Crippen LogP contribution in [0.4, 0.5) is 11.6 Å². The summed E-state index contributed by atoms with van der Waals surface area (Å²) in [5.41, 5.74) is 1.95. The fraction of sp³-hybridized carbons (Fsp3) is 0.188. The highest BCUT2D eigenvalue weighted by Gasteiger charge is 2.16. The Hall–Kier alpha value is -4.93. The van der Waals surface area contributed by atoms with Crippen LogP contribution in [0.1, 0.15) is 24.2 Å². The van der Waals surface area contributed by atoms with Gasteiger partial charge in [-0.25, -0.2) is 4.98 Å². The highest BCUT2D eigenvalue weighted by atomic mass is 35.5. The van der Waals surface area contributed by atoms with Gasteiger partial charge in [-0.05, 0) is 67.7 Å². The zero-order chi connectivity index (χ0) is 30.3. The SMILES string of the molecule is CCN(CC)CCn1c(NC(=O)c2ccc(Oc3cc(Oc4cccc(Cl)c4)cc([N+](=O)[O-])c3)cc2)nc2ccccc21. The number of benzene rings is 4. The van der Waals surface area contributed by atoms with Crippen LogP contribution in [-0.4, -0.2) is 44.9 Å².